The molecule has 1 aromatic rings. The molecule has 0 bridgehead atoms. The molecular weight excluding hydrogens is 259 g/mol. The maximum atomic E-state index is 13.6. The number of carbonyl (C=O) groups is 2. The summed E-state index contributed by atoms with van der Waals surface area (Å²) in [6.07, 6.45) is 0. The second kappa shape index (κ2) is 4.17. The molecule has 0 radical (unpaired) electrons. The van der Waals surface area contributed by atoms with Crippen LogP contribution < -0.4 is 0 Å². The molecule has 18 heavy (non-hydrogen) atoms. The maximum absolute atomic E-state index is 13.6. The standard InChI is InChI=1S/C12H10ClFN2O2/c1-7-12(13,11(18)16(2)15-7)10(17)8-5-3-4-6-9(8)14/h3-6H,1-2H3. The zero-order chi connectivity index (χ0) is 13.5. The molecule has 1 amide bonds. The van der Waals surface area contributed by atoms with Crippen molar-refractivity contribution in [2.75, 3.05) is 7.05 Å². The quantitative estimate of drug-likeness (QED) is 0.467. The van der Waals surface area contributed by atoms with Gasteiger partial charge in [-0.2, -0.15) is 5.10 Å². The van der Waals surface area contributed by atoms with E-state index in [0.29, 0.717) is 0 Å². The molecule has 1 heterocycles. The minimum atomic E-state index is -1.93. The van der Waals surface area contributed by atoms with E-state index < -0.39 is 22.4 Å². The highest BCUT2D eigenvalue weighted by Gasteiger charge is 2.53. The number of nitrogens with zero attached hydrogens (tertiary/aromatic N) is 2. The van der Waals surface area contributed by atoms with Crippen molar-refractivity contribution in [1.82, 2.24) is 5.01 Å². The Morgan fingerprint density at radius 3 is 2.56 bits per heavy atom. The van der Waals surface area contributed by atoms with Gasteiger partial charge < -0.3 is 0 Å². The van der Waals surface area contributed by atoms with E-state index in [1.54, 1.807) is 0 Å². The Balaban J connectivity index is 2.50. The van der Waals surface area contributed by atoms with Crippen LogP contribution in [0, 0.1) is 5.82 Å². The summed E-state index contributed by atoms with van der Waals surface area (Å²) in [5, 5.41) is 4.81. The van der Waals surface area contributed by atoms with Crippen LogP contribution in [0.4, 0.5) is 4.39 Å². The lowest BCUT2D eigenvalue weighted by Crippen LogP contribution is -2.47. The molecule has 0 spiro atoms. The van der Waals surface area contributed by atoms with Gasteiger partial charge >= 0.3 is 0 Å². The molecule has 1 aliphatic heterocycles. The molecule has 4 nitrogen and oxygen atoms in total. The summed E-state index contributed by atoms with van der Waals surface area (Å²) in [5.41, 5.74) is -0.0735. The lowest BCUT2D eigenvalue weighted by atomic mass is 9.92. The average molecular weight is 269 g/mol. The summed E-state index contributed by atoms with van der Waals surface area (Å²) < 4.78 is 13.6. The first-order valence-corrected chi connectivity index (χ1v) is 5.59. The molecule has 1 aromatic carbocycles. The SMILES string of the molecule is CC1=NN(C)C(=O)C1(Cl)C(=O)c1ccccc1F. The van der Waals surface area contributed by atoms with Gasteiger partial charge in [-0.3, -0.25) is 9.59 Å². The predicted molar refractivity (Wildman–Crippen MR) is 65.2 cm³/mol. The molecule has 0 N–H and O–H groups in total. The van der Waals surface area contributed by atoms with Crippen molar-refractivity contribution in [2.45, 2.75) is 11.8 Å². The Hall–Kier alpha value is -1.75. The van der Waals surface area contributed by atoms with Gasteiger partial charge in [0.05, 0.1) is 11.3 Å². The topological polar surface area (TPSA) is 49.7 Å². The lowest BCUT2D eigenvalue weighted by Gasteiger charge is -2.18. The average Bonchev–Trinajstić information content (AvgIpc) is 2.54. The van der Waals surface area contributed by atoms with Gasteiger partial charge in [0.1, 0.15) is 5.82 Å². The summed E-state index contributed by atoms with van der Waals surface area (Å²) in [5.74, 6) is -2.18. The molecule has 2 rings (SSSR count). The van der Waals surface area contributed by atoms with Crippen molar-refractivity contribution in [3.8, 4) is 0 Å². The number of hydrogen-bond acceptors (Lipinski definition) is 3. The predicted octanol–water partition coefficient (Wildman–Crippen LogP) is 1.83. The van der Waals surface area contributed by atoms with Gasteiger partial charge in [-0.15, -0.1) is 0 Å². The van der Waals surface area contributed by atoms with Crippen molar-refractivity contribution in [1.29, 1.82) is 0 Å². The molecule has 0 saturated heterocycles. The molecule has 0 aliphatic carbocycles. The van der Waals surface area contributed by atoms with Crippen molar-refractivity contribution in [2.24, 2.45) is 5.10 Å². The smallest absolute Gasteiger partial charge is 0.277 e. The third-order valence-electron chi connectivity index (χ3n) is 2.82. The zero-order valence-electron chi connectivity index (χ0n) is 9.78. The zero-order valence-corrected chi connectivity index (χ0v) is 10.5. The van der Waals surface area contributed by atoms with Gasteiger partial charge in [0.15, 0.2) is 0 Å². The van der Waals surface area contributed by atoms with Gasteiger partial charge in [-0.1, -0.05) is 23.7 Å². The van der Waals surface area contributed by atoms with E-state index in [1.807, 2.05) is 0 Å². The van der Waals surface area contributed by atoms with Crippen molar-refractivity contribution >= 4 is 29.0 Å². The highest BCUT2D eigenvalue weighted by molar-refractivity contribution is 6.60. The molecule has 1 unspecified atom stereocenters. The Labute approximate surface area is 108 Å². The largest absolute Gasteiger partial charge is 0.291 e. The molecule has 0 aromatic heterocycles. The summed E-state index contributed by atoms with van der Waals surface area (Å²) in [6, 6.07) is 5.40. The third kappa shape index (κ3) is 1.62. The van der Waals surface area contributed by atoms with Crippen LogP contribution in [-0.2, 0) is 4.79 Å². The third-order valence-corrected chi connectivity index (χ3v) is 3.43. The van der Waals surface area contributed by atoms with E-state index in [0.717, 1.165) is 11.1 Å². The van der Waals surface area contributed by atoms with Crippen LogP contribution in [0.25, 0.3) is 0 Å². The van der Waals surface area contributed by atoms with Gasteiger partial charge in [0, 0.05) is 7.05 Å². The highest BCUT2D eigenvalue weighted by atomic mass is 35.5. The number of benzene rings is 1. The Kier molecular flexibility index (Phi) is 2.94. The van der Waals surface area contributed by atoms with Gasteiger partial charge in [-0.05, 0) is 19.1 Å². The Bertz CT molecular complexity index is 573. The van der Waals surface area contributed by atoms with E-state index >= 15 is 0 Å². The van der Waals surface area contributed by atoms with E-state index in [-0.39, 0.29) is 11.3 Å². The van der Waals surface area contributed by atoms with Crippen LogP contribution in [0.1, 0.15) is 17.3 Å². The van der Waals surface area contributed by atoms with Crippen molar-refractivity contribution in [3.63, 3.8) is 0 Å². The van der Waals surface area contributed by atoms with Gasteiger partial charge in [0.25, 0.3) is 5.91 Å². The van der Waals surface area contributed by atoms with Crippen LogP contribution >= 0.6 is 11.6 Å². The van der Waals surface area contributed by atoms with Crippen LogP contribution in [-0.4, -0.2) is 34.3 Å². The number of ketones is 1. The van der Waals surface area contributed by atoms with Crippen LogP contribution in [0.15, 0.2) is 29.4 Å². The van der Waals surface area contributed by atoms with Crippen LogP contribution in [0.3, 0.4) is 0 Å². The molecular formula is C12H10ClFN2O2. The molecule has 6 heteroatoms. The van der Waals surface area contributed by atoms with E-state index in [1.165, 1.54) is 32.2 Å². The van der Waals surface area contributed by atoms with E-state index in [9.17, 15) is 14.0 Å². The first-order valence-electron chi connectivity index (χ1n) is 5.21. The Morgan fingerprint density at radius 2 is 2.06 bits per heavy atom. The first kappa shape index (κ1) is 12.7. The number of halogens is 2. The molecule has 1 atom stereocenters. The summed E-state index contributed by atoms with van der Waals surface area (Å²) >= 11 is 6.09. The maximum Gasteiger partial charge on any atom is 0.277 e. The number of hydrogen-bond donors (Lipinski definition) is 0. The van der Waals surface area contributed by atoms with E-state index in [2.05, 4.69) is 5.10 Å². The summed E-state index contributed by atoms with van der Waals surface area (Å²) in [7, 11) is 1.39. The van der Waals surface area contributed by atoms with Crippen molar-refractivity contribution < 1.29 is 14.0 Å². The number of alkyl halides is 1. The highest BCUT2D eigenvalue weighted by Crippen LogP contribution is 2.31. The number of rotatable bonds is 2. The van der Waals surface area contributed by atoms with Crippen LogP contribution in [0.2, 0.25) is 0 Å². The minimum Gasteiger partial charge on any atom is -0.291 e. The first-order chi connectivity index (χ1) is 8.39. The lowest BCUT2D eigenvalue weighted by molar-refractivity contribution is -0.128. The molecule has 0 saturated carbocycles. The fourth-order valence-electron chi connectivity index (χ4n) is 1.81. The number of carbonyl (C=O) groups excluding carboxylic acids is 2. The summed E-state index contributed by atoms with van der Waals surface area (Å²) in [4.78, 5) is 22.2. The second-order valence-corrected chi connectivity index (χ2v) is 4.55. The monoisotopic (exact) mass is 268 g/mol. The van der Waals surface area contributed by atoms with Gasteiger partial charge in [0.2, 0.25) is 10.7 Å². The fourth-order valence-corrected chi connectivity index (χ4v) is 2.07. The molecule has 94 valence electrons. The summed E-state index contributed by atoms with van der Waals surface area (Å²) in [6.45, 7) is 1.47. The fraction of sp³-hybridized carbons (Fsp3) is 0.250. The number of Topliss-reactive ketones (excluding diaryl/α,β-unsaturated/α-hetero) is 1. The second-order valence-electron chi connectivity index (χ2n) is 3.98. The van der Waals surface area contributed by atoms with E-state index in [4.69, 9.17) is 11.6 Å². The Morgan fingerprint density at radius 1 is 1.44 bits per heavy atom. The molecule has 0 fully saturated rings. The van der Waals surface area contributed by atoms with Gasteiger partial charge in [-0.25, -0.2) is 9.40 Å². The number of hydrazone groups is 1. The normalized spacial score (nSPS) is 23.2. The molecule has 1 aliphatic rings. The minimum absolute atomic E-state index is 0.143. The number of amides is 1. The van der Waals surface area contributed by atoms with Crippen LogP contribution in [0.5, 0.6) is 0 Å². The van der Waals surface area contributed by atoms with Crippen molar-refractivity contribution in [3.05, 3.63) is 35.6 Å².